The molecule has 0 aliphatic heterocycles. The van der Waals surface area contributed by atoms with Crippen molar-refractivity contribution >= 4 is 0 Å². The number of aliphatic hydroxyl groups excluding tert-OH is 4. The molecule has 0 heterocycles. The van der Waals surface area contributed by atoms with Gasteiger partial charge in [-0.1, -0.05) is 0 Å². The summed E-state index contributed by atoms with van der Waals surface area (Å²) in [6, 6.07) is 0. The van der Waals surface area contributed by atoms with E-state index < -0.39 is 30.2 Å². The van der Waals surface area contributed by atoms with Crippen molar-refractivity contribution in [2.45, 2.75) is 31.3 Å². The summed E-state index contributed by atoms with van der Waals surface area (Å²) in [4.78, 5) is 0. The van der Waals surface area contributed by atoms with Crippen LogP contribution in [0.15, 0.2) is 12.0 Å². The first-order valence-corrected chi connectivity index (χ1v) is 4.44. The van der Waals surface area contributed by atoms with Crippen LogP contribution in [0.2, 0.25) is 0 Å². The minimum absolute atomic E-state index is 0.482. The zero-order chi connectivity index (χ0) is 12.0. The third-order valence-electron chi connectivity index (χ3n) is 1.96. The maximum absolute atomic E-state index is 9.53. The van der Waals surface area contributed by atoms with Crippen molar-refractivity contribution in [1.29, 1.82) is 0 Å². The van der Waals surface area contributed by atoms with Gasteiger partial charge in [-0.05, 0) is 6.92 Å². The highest BCUT2D eigenvalue weighted by atomic mass is 16.5. The number of rotatable bonds is 6. The molecule has 0 spiro atoms. The van der Waals surface area contributed by atoms with Crippen LogP contribution in [0, 0.1) is 0 Å². The monoisotopic (exact) mass is 222 g/mol. The van der Waals surface area contributed by atoms with Crippen molar-refractivity contribution in [3.05, 3.63) is 12.0 Å². The van der Waals surface area contributed by atoms with E-state index in [1.165, 1.54) is 21.1 Å². The van der Waals surface area contributed by atoms with Crippen LogP contribution in [-0.2, 0) is 9.47 Å². The Morgan fingerprint density at radius 3 is 2.07 bits per heavy atom. The average Bonchev–Trinajstić information content (AvgIpc) is 2.18. The van der Waals surface area contributed by atoms with Crippen molar-refractivity contribution in [1.82, 2.24) is 0 Å². The Hall–Kier alpha value is -0.820. The molecular formula is C9H18O6. The Kier molecular flexibility index (Phi) is 6.26. The molecule has 0 aliphatic rings. The highest BCUT2D eigenvalue weighted by Gasteiger charge is 2.32. The van der Waals surface area contributed by atoms with Gasteiger partial charge in [0.25, 0.3) is 0 Å². The lowest BCUT2D eigenvalue weighted by molar-refractivity contribution is -0.115. The van der Waals surface area contributed by atoms with E-state index in [0.29, 0.717) is 0 Å². The zero-order valence-electron chi connectivity index (χ0n) is 8.99. The lowest BCUT2D eigenvalue weighted by Gasteiger charge is -2.27. The van der Waals surface area contributed by atoms with Gasteiger partial charge in [-0.2, -0.15) is 0 Å². The van der Waals surface area contributed by atoms with Gasteiger partial charge in [0.15, 0.2) is 5.76 Å². The molecule has 0 amide bonds. The van der Waals surface area contributed by atoms with Gasteiger partial charge in [0, 0.05) is 7.11 Å². The van der Waals surface area contributed by atoms with Gasteiger partial charge in [0.1, 0.15) is 24.6 Å². The fourth-order valence-corrected chi connectivity index (χ4v) is 1.09. The highest BCUT2D eigenvalue weighted by Crippen LogP contribution is 2.13. The maximum Gasteiger partial charge on any atom is 0.158 e. The number of aliphatic hydroxyl groups is 4. The molecule has 0 aromatic carbocycles. The van der Waals surface area contributed by atoms with Crippen molar-refractivity contribution in [2.24, 2.45) is 0 Å². The Bertz CT molecular complexity index is 203. The smallest absolute Gasteiger partial charge is 0.158 e. The Morgan fingerprint density at radius 2 is 1.73 bits per heavy atom. The second-order valence-electron chi connectivity index (χ2n) is 3.15. The molecule has 4 atom stereocenters. The number of methoxy groups -OCH3 is 2. The predicted molar refractivity (Wildman–Crippen MR) is 52.2 cm³/mol. The third kappa shape index (κ3) is 4.05. The summed E-state index contributed by atoms with van der Waals surface area (Å²) in [5.74, 6) is -0.482. The lowest BCUT2D eigenvalue weighted by atomic mass is 10.0. The maximum atomic E-state index is 9.53. The van der Waals surface area contributed by atoms with Crippen LogP contribution in [-0.4, -0.2) is 59.1 Å². The standard InChI is InChI=1S/C9H18O6/c1-5(10)7(12)9(15-3)8(13)6(11)4-14-2/h4-5,7-13H,1-3H3/b6-4-. The topological polar surface area (TPSA) is 99.4 Å². The second kappa shape index (κ2) is 6.62. The molecule has 0 rings (SSSR count). The first-order valence-electron chi connectivity index (χ1n) is 4.44. The summed E-state index contributed by atoms with van der Waals surface area (Å²) in [5.41, 5.74) is 0. The van der Waals surface area contributed by atoms with Crippen LogP contribution in [0.5, 0.6) is 0 Å². The van der Waals surface area contributed by atoms with E-state index in [0.717, 1.165) is 6.26 Å². The van der Waals surface area contributed by atoms with Gasteiger partial charge in [0.2, 0.25) is 0 Å². The van der Waals surface area contributed by atoms with Crippen LogP contribution < -0.4 is 0 Å². The summed E-state index contributed by atoms with van der Waals surface area (Å²) in [7, 11) is 2.55. The normalized spacial score (nSPS) is 20.5. The molecule has 0 bridgehead atoms. The molecule has 4 N–H and O–H groups in total. The summed E-state index contributed by atoms with van der Waals surface area (Å²) >= 11 is 0. The molecule has 6 nitrogen and oxygen atoms in total. The molecular weight excluding hydrogens is 204 g/mol. The van der Waals surface area contributed by atoms with Gasteiger partial charge in [-0.15, -0.1) is 0 Å². The van der Waals surface area contributed by atoms with Gasteiger partial charge < -0.3 is 29.9 Å². The molecule has 0 saturated carbocycles. The summed E-state index contributed by atoms with van der Waals surface area (Å²) in [6.45, 7) is 1.35. The van der Waals surface area contributed by atoms with E-state index in [-0.39, 0.29) is 0 Å². The van der Waals surface area contributed by atoms with Crippen LogP contribution in [0.4, 0.5) is 0 Å². The fourth-order valence-electron chi connectivity index (χ4n) is 1.09. The molecule has 0 saturated heterocycles. The minimum atomic E-state index is -1.46. The quantitative estimate of drug-likeness (QED) is 0.437. The first-order chi connectivity index (χ1) is 6.95. The molecule has 4 unspecified atom stereocenters. The molecule has 0 radical (unpaired) electrons. The van der Waals surface area contributed by atoms with Gasteiger partial charge in [0.05, 0.1) is 13.2 Å². The van der Waals surface area contributed by atoms with Crippen molar-refractivity contribution in [3.8, 4) is 0 Å². The van der Waals surface area contributed by atoms with Crippen LogP contribution >= 0.6 is 0 Å². The summed E-state index contributed by atoms with van der Waals surface area (Å²) < 4.78 is 9.27. The molecule has 90 valence electrons. The number of ether oxygens (including phenoxy) is 2. The minimum Gasteiger partial charge on any atom is -0.506 e. The molecule has 6 heteroatoms. The van der Waals surface area contributed by atoms with E-state index in [2.05, 4.69) is 4.74 Å². The molecule has 0 aromatic rings. The second-order valence-corrected chi connectivity index (χ2v) is 3.15. The van der Waals surface area contributed by atoms with E-state index in [1.54, 1.807) is 0 Å². The van der Waals surface area contributed by atoms with Crippen LogP contribution in [0.3, 0.4) is 0 Å². The summed E-state index contributed by atoms with van der Waals surface area (Å²) in [6.07, 6.45) is -4.06. The van der Waals surface area contributed by atoms with Crippen molar-refractivity contribution in [2.75, 3.05) is 14.2 Å². The van der Waals surface area contributed by atoms with Gasteiger partial charge in [-0.25, -0.2) is 0 Å². The lowest BCUT2D eigenvalue weighted by Crippen LogP contribution is -2.45. The van der Waals surface area contributed by atoms with E-state index in [1.807, 2.05) is 0 Å². The van der Waals surface area contributed by atoms with E-state index >= 15 is 0 Å². The van der Waals surface area contributed by atoms with Crippen LogP contribution in [0.1, 0.15) is 6.92 Å². The number of hydrogen-bond donors (Lipinski definition) is 4. The average molecular weight is 222 g/mol. The molecule has 0 aromatic heterocycles. The zero-order valence-corrected chi connectivity index (χ0v) is 8.99. The van der Waals surface area contributed by atoms with Gasteiger partial charge in [-0.3, -0.25) is 0 Å². The SMILES string of the molecule is CO/C=C(\O)C(O)C(OC)C(O)C(C)O. The highest BCUT2D eigenvalue weighted by molar-refractivity contribution is 5.00. The van der Waals surface area contributed by atoms with E-state index in [9.17, 15) is 15.3 Å². The molecule has 15 heavy (non-hydrogen) atoms. The number of hydrogen-bond acceptors (Lipinski definition) is 6. The Balaban J connectivity index is 4.60. The Morgan fingerprint density at radius 1 is 1.20 bits per heavy atom. The Labute approximate surface area is 88.4 Å². The van der Waals surface area contributed by atoms with Gasteiger partial charge >= 0.3 is 0 Å². The van der Waals surface area contributed by atoms with Crippen molar-refractivity contribution < 1.29 is 29.9 Å². The first kappa shape index (κ1) is 14.2. The molecule has 0 aliphatic carbocycles. The largest absolute Gasteiger partial charge is 0.506 e. The van der Waals surface area contributed by atoms with Crippen molar-refractivity contribution in [3.63, 3.8) is 0 Å². The van der Waals surface area contributed by atoms with Crippen LogP contribution in [0.25, 0.3) is 0 Å². The van der Waals surface area contributed by atoms with E-state index in [4.69, 9.17) is 9.84 Å². The fraction of sp³-hybridized carbons (Fsp3) is 0.778. The predicted octanol–water partition coefficient (Wildman–Crippen LogP) is -0.850. The molecule has 0 fully saturated rings. The third-order valence-corrected chi connectivity index (χ3v) is 1.96. The summed E-state index contributed by atoms with van der Waals surface area (Å²) in [5, 5.41) is 37.4.